The van der Waals surface area contributed by atoms with Crippen LogP contribution >= 0.6 is 0 Å². The number of carbonyl (C=O) groups is 3. The van der Waals surface area contributed by atoms with Crippen LogP contribution in [0.25, 0.3) is 0 Å². The van der Waals surface area contributed by atoms with Crippen LogP contribution in [0.3, 0.4) is 0 Å². The van der Waals surface area contributed by atoms with Crippen LogP contribution in [0.15, 0.2) is 30.3 Å². The van der Waals surface area contributed by atoms with E-state index in [0.717, 1.165) is 56.9 Å². The van der Waals surface area contributed by atoms with Crippen LogP contribution in [-0.2, 0) is 25.5 Å². The van der Waals surface area contributed by atoms with Gasteiger partial charge in [0.25, 0.3) is 0 Å². The fourth-order valence-electron chi connectivity index (χ4n) is 9.50. The minimum atomic E-state index is -0.681. The fourth-order valence-corrected chi connectivity index (χ4v) is 9.50. The number of rotatable bonds is 4. The molecule has 1 heterocycles. The Labute approximate surface area is 220 Å². The number of hydrogen-bond donors (Lipinski definition) is 0. The topological polar surface area (TPSA) is 72.9 Å². The molecular weight excluding hydrogens is 466 g/mol. The predicted molar refractivity (Wildman–Crippen MR) is 139 cm³/mol. The van der Waals surface area contributed by atoms with Gasteiger partial charge in [-0.2, -0.15) is 0 Å². The molecule has 0 N–H and O–H groups in total. The molecule has 5 aliphatic rings. The van der Waals surface area contributed by atoms with Gasteiger partial charge in [-0.1, -0.05) is 44.2 Å². The van der Waals surface area contributed by atoms with Gasteiger partial charge in [-0.3, -0.25) is 9.69 Å². The van der Waals surface area contributed by atoms with Gasteiger partial charge in [0.1, 0.15) is 17.4 Å². The first-order valence-electron chi connectivity index (χ1n) is 14.3. The molecule has 1 saturated heterocycles. The van der Waals surface area contributed by atoms with Crippen molar-refractivity contribution >= 4 is 17.8 Å². The number of amides is 1. The molecule has 37 heavy (non-hydrogen) atoms. The predicted octanol–water partition coefficient (Wildman–Crippen LogP) is 5.57. The molecule has 1 spiro atoms. The van der Waals surface area contributed by atoms with Gasteiger partial charge in [0.05, 0.1) is 13.7 Å². The Balaban J connectivity index is 1.20. The number of esters is 1. The third kappa shape index (κ3) is 3.84. The van der Waals surface area contributed by atoms with Gasteiger partial charge in [-0.05, 0) is 86.0 Å². The van der Waals surface area contributed by atoms with Crippen LogP contribution in [-0.4, -0.2) is 48.0 Å². The monoisotopic (exact) mass is 507 g/mol. The Morgan fingerprint density at radius 1 is 1.05 bits per heavy atom. The van der Waals surface area contributed by atoms with Gasteiger partial charge >= 0.3 is 12.1 Å². The summed E-state index contributed by atoms with van der Waals surface area (Å²) in [7, 11) is 1.38. The summed E-state index contributed by atoms with van der Waals surface area (Å²) in [6.07, 6.45) is 9.13. The van der Waals surface area contributed by atoms with E-state index in [4.69, 9.17) is 9.47 Å². The number of Topliss-reactive ketones (excluding diaryl/α,β-unsaturated/α-hetero) is 1. The minimum absolute atomic E-state index is 0.0939. The third-order valence-corrected chi connectivity index (χ3v) is 11.6. The van der Waals surface area contributed by atoms with E-state index in [2.05, 4.69) is 13.8 Å². The minimum Gasteiger partial charge on any atom is -0.467 e. The zero-order chi connectivity index (χ0) is 26.0. The third-order valence-electron chi connectivity index (χ3n) is 11.6. The van der Waals surface area contributed by atoms with E-state index in [-0.39, 0.29) is 16.9 Å². The molecule has 5 fully saturated rings. The summed E-state index contributed by atoms with van der Waals surface area (Å²) < 4.78 is 11.3. The Kier molecular flexibility index (Phi) is 5.96. The molecule has 1 aromatic carbocycles. The highest BCUT2D eigenvalue weighted by Crippen LogP contribution is 2.66. The zero-order valence-electron chi connectivity index (χ0n) is 22.5. The van der Waals surface area contributed by atoms with Gasteiger partial charge in [-0.15, -0.1) is 0 Å². The summed E-state index contributed by atoms with van der Waals surface area (Å²) in [5.41, 5.74) is 0.607. The number of methoxy groups -OCH3 is 1. The van der Waals surface area contributed by atoms with E-state index in [0.29, 0.717) is 42.4 Å². The van der Waals surface area contributed by atoms with Crippen molar-refractivity contribution in [2.75, 3.05) is 13.7 Å². The maximum atomic E-state index is 13.2. The Morgan fingerprint density at radius 2 is 1.84 bits per heavy atom. The van der Waals surface area contributed by atoms with E-state index in [1.54, 1.807) is 4.90 Å². The van der Waals surface area contributed by atoms with Crippen molar-refractivity contribution in [3.8, 4) is 0 Å². The fraction of sp³-hybridized carbons (Fsp3) is 0.710. The molecule has 0 radical (unpaired) electrons. The van der Waals surface area contributed by atoms with Crippen LogP contribution in [0.5, 0.6) is 0 Å². The van der Waals surface area contributed by atoms with E-state index < -0.39 is 17.6 Å². The van der Waals surface area contributed by atoms with Gasteiger partial charge in [0, 0.05) is 18.3 Å². The number of nitrogens with zero attached hydrogens (tertiary/aromatic N) is 1. The number of ketones is 1. The molecule has 6 nitrogen and oxygen atoms in total. The molecular formula is C31H41NO5. The van der Waals surface area contributed by atoms with Crippen molar-refractivity contribution in [3.05, 3.63) is 35.9 Å². The summed E-state index contributed by atoms with van der Waals surface area (Å²) in [5.74, 6) is 2.46. The molecule has 1 aliphatic heterocycles. The van der Waals surface area contributed by atoms with Gasteiger partial charge in [0.2, 0.25) is 0 Å². The van der Waals surface area contributed by atoms with Crippen LogP contribution < -0.4 is 0 Å². The van der Waals surface area contributed by atoms with Crippen LogP contribution in [0.4, 0.5) is 4.79 Å². The highest BCUT2D eigenvalue weighted by molar-refractivity contribution is 5.87. The highest BCUT2D eigenvalue weighted by atomic mass is 16.6. The van der Waals surface area contributed by atoms with Crippen molar-refractivity contribution in [1.29, 1.82) is 0 Å². The first-order chi connectivity index (χ1) is 17.7. The lowest BCUT2D eigenvalue weighted by molar-refractivity contribution is -0.149. The standard InChI is InChI=1S/C31H41NO5/c1-29-15-16-31(18-21(29)9-10-22-23-11-12-26(33)30(23,2)14-13-24(22)29)19-32(28(35)37-31)25(27(34)36-3)17-20-7-5-4-6-8-20/h4-8,21-25H,9-19H2,1-3H3/t21-,22-,23-,24-,25+,29-,30-,31+/m0/s1. The highest BCUT2D eigenvalue weighted by Gasteiger charge is 2.63. The summed E-state index contributed by atoms with van der Waals surface area (Å²) in [5, 5.41) is 0. The smallest absolute Gasteiger partial charge is 0.411 e. The number of carbonyl (C=O) groups excluding carboxylic acids is 3. The molecule has 4 aliphatic carbocycles. The maximum absolute atomic E-state index is 13.2. The van der Waals surface area contributed by atoms with E-state index >= 15 is 0 Å². The summed E-state index contributed by atoms with van der Waals surface area (Å²) >= 11 is 0. The van der Waals surface area contributed by atoms with E-state index in [1.165, 1.54) is 13.5 Å². The van der Waals surface area contributed by atoms with Gasteiger partial charge < -0.3 is 9.47 Å². The average Bonchev–Trinajstić information content (AvgIpc) is 3.38. The lowest BCUT2D eigenvalue weighted by Crippen LogP contribution is -2.57. The summed E-state index contributed by atoms with van der Waals surface area (Å²) in [6.45, 7) is 5.18. The SMILES string of the molecule is COC(=O)[C@@H](Cc1ccccc1)N1C[C@]2(CC[C@@]3(C)[C@@H](CC[C@@H]4[C@@H]3CC[C@]3(C)C(=O)CC[C@@H]43)C2)OC1=O. The second-order valence-electron chi connectivity index (χ2n) is 13.2. The Hall–Kier alpha value is -2.37. The molecule has 6 rings (SSSR count). The van der Waals surface area contributed by atoms with E-state index in [1.807, 2.05) is 30.3 Å². The van der Waals surface area contributed by atoms with Crippen LogP contribution in [0.2, 0.25) is 0 Å². The first-order valence-corrected chi connectivity index (χ1v) is 14.3. The van der Waals surface area contributed by atoms with Gasteiger partial charge in [0.15, 0.2) is 0 Å². The first kappa shape index (κ1) is 24.9. The molecule has 8 atom stereocenters. The molecule has 6 heteroatoms. The Bertz CT molecular complexity index is 1090. The summed E-state index contributed by atoms with van der Waals surface area (Å²) in [4.78, 5) is 40.4. The number of hydrogen-bond acceptors (Lipinski definition) is 5. The quantitative estimate of drug-likeness (QED) is 0.498. The van der Waals surface area contributed by atoms with Gasteiger partial charge in [-0.25, -0.2) is 9.59 Å². The number of ether oxygens (including phenoxy) is 2. The van der Waals surface area contributed by atoms with Crippen LogP contribution in [0.1, 0.15) is 77.2 Å². The average molecular weight is 508 g/mol. The largest absolute Gasteiger partial charge is 0.467 e. The molecule has 0 aromatic heterocycles. The van der Waals surface area contributed by atoms with E-state index in [9.17, 15) is 14.4 Å². The number of benzene rings is 1. The molecule has 0 unspecified atom stereocenters. The zero-order valence-corrected chi connectivity index (χ0v) is 22.5. The summed E-state index contributed by atoms with van der Waals surface area (Å²) in [6, 6.07) is 9.11. The second-order valence-corrected chi connectivity index (χ2v) is 13.2. The molecule has 1 aromatic rings. The van der Waals surface area contributed by atoms with Crippen LogP contribution in [0, 0.1) is 34.5 Å². The molecule has 200 valence electrons. The van der Waals surface area contributed by atoms with Crippen molar-refractivity contribution in [2.45, 2.75) is 89.7 Å². The van der Waals surface area contributed by atoms with Crippen molar-refractivity contribution < 1.29 is 23.9 Å². The van der Waals surface area contributed by atoms with Crippen molar-refractivity contribution in [2.24, 2.45) is 34.5 Å². The second kappa shape index (κ2) is 8.84. The lowest BCUT2D eigenvalue weighted by Gasteiger charge is -2.61. The number of fused-ring (bicyclic) bond motifs is 5. The maximum Gasteiger partial charge on any atom is 0.411 e. The van der Waals surface area contributed by atoms with Crippen molar-refractivity contribution in [1.82, 2.24) is 4.90 Å². The molecule has 1 amide bonds. The Morgan fingerprint density at radius 3 is 2.59 bits per heavy atom. The normalized spacial score (nSPS) is 41.5. The lowest BCUT2D eigenvalue weighted by atomic mass is 9.44. The molecule has 4 saturated carbocycles. The molecule has 0 bridgehead atoms. The van der Waals surface area contributed by atoms with Crippen molar-refractivity contribution in [3.63, 3.8) is 0 Å².